The summed E-state index contributed by atoms with van der Waals surface area (Å²) in [5.74, 6) is 0.368. The van der Waals surface area contributed by atoms with Gasteiger partial charge in [0.05, 0.1) is 0 Å². The van der Waals surface area contributed by atoms with Crippen molar-refractivity contribution in [2.24, 2.45) is 5.92 Å². The van der Waals surface area contributed by atoms with Gasteiger partial charge < -0.3 is 5.32 Å². The SMILES string of the molecule is CCC(C)CNS(=O)(=O)c1ccc(CCNC2CC2)s1. The first-order valence-electron chi connectivity index (χ1n) is 7.33. The van der Waals surface area contributed by atoms with Crippen LogP contribution >= 0.6 is 11.3 Å². The lowest BCUT2D eigenvalue weighted by molar-refractivity contribution is 0.529. The molecule has 2 rings (SSSR count). The molecule has 0 bridgehead atoms. The predicted octanol–water partition coefficient (Wildman–Crippen LogP) is 2.37. The average molecular weight is 316 g/mol. The Labute approximate surface area is 126 Å². The van der Waals surface area contributed by atoms with Crippen LogP contribution in [0.5, 0.6) is 0 Å². The Kier molecular flexibility index (Phi) is 5.60. The van der Waals surface area contributed by atoms with E-state index in [1.165, 1.54) is 24.2 Å². The molecule has 0 saturated heterocycles. The van der Waals surface area contributed by atoms with Crippen LogP contribution < -0.4 is 10.0 Å². The van der Waals surface area contributed by atoms with Gasteiger partial charge in [-0.2, -0.15) is 0 Å². The van der Waals surface area contributed by atoms with Gasteiger partial charge in [0.2, 0.25) is 10.0 Å². The fourth-order valence-electron chi connectivity index (χ4n) is 1.79. The summed E-state index contributed by atoms with van der Waals surface area (Å²) < 4.78 is 27.4. The van der Waals surface area contributed by atoms with Crippen molar-refractivity contribution in [1.29, 1.82) is 0 Å². The number of hydrogen-bond acceptors (Lipinski definition) is 4. The van der Waals surface area contributed by atoms with E-state index in [1.807, 2.05) is 13.0 Å². The van der Waals surface area contributed by atoms with Crippen LogP contribution in [-0.4, -0.2) is 27.5 Å². The van der Waals surface area contributed by atoms with Crippen molar-refractivity contribution in [2.45, 2.75) is 49.8 Å². The molecule has 0 aliphatic heterocycles. The normalized spacial score (nSPS) is 17.3. The maximum atomic E-state index is 12.1. The van der Waals surface area contributed by atoms with Gasteiger partial charge in [-0.05, 0) is 37.3 Å². The van der Waals surface area contributed by atoms with E-state index >= 15 is 0 Å². The molecule has 1 aromatic rings. The largest absolute Gasteiger partial charge is 0.314 e. The second kappa shape index (κ2) is 7.02. The van der Waals surface area contributed by atoms with Gasteiger partial charge in [-0.25, -0.2) is 13.1 Å². The van der Waals surface area contributed by atoms with E-state index in [0.29, 0.717) is 22.7 Å². The average Bonchev–Trinajstić information content (AvgIpc) is 3.11. The third-order valence-corrected chi connectivity index (χ3v) is 6.66. The highest BCUT2D eigenvalue weighted by Crippen LogP contribution is 2.23. The van der Waals surface area contributed by atoms with Crippen LogP contribution in [0, 0.1) is 5.92 Å². The summed E-state index contributed by atoms with van der Waals surface area (Å²) in [5, 5.41) is 3.44. The van der Waals surface area contributed by atoms with E-state index in [4.69, 9.17) is 0 Å². The van der Waals surface area contributed by atoms with Crippen molar-refractivity contribution in [3.63, 3.8) is 0 Å². The molecule has 2 N–H and O–H groups in total. The minimum Gasteiger partial charge on any atom is -0.314 e. The van der Waals surface area contributed by atoms with Crippen molar-refractivity contribution < 1.29 is 8.42 Å². The molecule has 1 aliphatic rings. The van der Waals surface area contributed by atoms with Gasteiger partial charge >= 0.3 is 0 Å². The molecule has 0 radical (unpaired) electrons. The third kappa shape index (κ3) is 4.84. The van der Waals surface area contributed by atoms with Crippen molar-refractivity contribution >= 4 is 21.4 Å². The lowest BCUT2D eigenvalue weighted by Gasteiger charge is -2.09. The van der Waals surface area contributed by atoms with Gasteiger partial charge in [0.1, 0.15) is 4.21 Å². The monoisotopic (exact) mass is 316 g/mol. The Morgan fingerprint density at radius 3 is 2.80 bits per heavy atom. The Morgan fingerprint density at radius 2 is 2.15 bits per heavy atom. The third-order valence-electron chi connectivity index (χ3n) is 3.60. The molecule has 20 heavy (non-hydrogen) atoms. The fraction of sp³-hybridized carbons (Fsp3) is 0.714. The quantitative estimate of drug-likeness (QED) is 0.735. The summed E-state index contributed by atoms with van der Waals surface area (Å²) in [5.41, 5.74) is 0. The molecule has 1 aliphatic carbocycles. The Morgan fingerprint density at radius 1 is 1.40 bits per heavy atom. The minimum atomic E-state index is -3.33. The molecule has 1 fully saturated rings. The van der Waals surface area contributed by atoms with Crippen LogP contribution in [0.4, 0.5) is 0 Å². The van der Waals surface area contributed by atoms with Gasteiger partial charge in [0, 0.05) is 24.0 Å². The van der Waals surface area contributed by atoms with E-state index in [2.05, 4.69) is 17.0 Å². The van der Waals surface area contributed by atoms with Gasteiger partial charge in [-0.15, -0.1) is 11.3 Å². The maximum Gasteiger partial charge on any atom is 0.250 e. The van der Waals surface area contributed by atoms with E-state index in [1.54, 1.807) is 6.07 Å². The Balaban J connectivity index is 1.85. The van der Waals surface area contributed by atoms with Crippen LogP contribution in [-0.2, 0) is 16.4 Å². The van der Waals surface area contributed by atoms with Crippen LogP contribution in [0.25, 0.3) is 0 Å². The van der Waals surface area contributed by atoms with Gasteiger partial charge in [0.15, 0.2) is 0 Å². The van der Waals surface area contributed by atoms with Crippen molar-refractivity contribution in [3.05, 3.63) is 17.0 Å². The highest BCUT2D eigenvalue weighted by molar-refractivity contribution is 7.91. The first-order chi connectivity index (χ1) is 9.51. The summed E-state index contributed by atoms with van der Waals surface area (Å²) >= 11 is 1.38. The molecule has 0 amide bonds. The van der Waals surface area contributed by atoms with E-state index in [0.717, 1.165) is 24.3 Å². The molecular formula is C14H24N2O2S2. The maximum absolute atomic E-state index is 12.1. The molecule has 1 saturated carbocycles. The Hall–Kier alpha value is -0.430. The molecule has 1 aromatic heterocycles. The van der Waals surface area contributed by atoms with E-state index in [9.17, 15) is 8.42 Å². The second-order valence-electron chi connectivity index (χ2n) is 5.56. The number of thiophene rings is 1. The summed E-state index contributed by atoms with van der Waals surface area (Å²) in [4.78, 5) is 1.13. The number of sulfonamides is 1. The van der Waals surface area contributed by atoms with Crippen molar-refractivity contribution in [1.82, 2.24) is 10.0 Å². The van der Waals surface area contributed by atoms with Gasteiger partial charge in [0.25, 0.3) is 0 Å². The molecule has 6 heteroatoms. The summed E-state index contributed by atoms with van der Waals surface area (Å²) in [6, 6.07) is 4.35. The topological polar surface area (TPSA) is 58.2 Å². The van der Waals surface area contributed by atoms with Crippen molar-refractivity contribution in [2.75, 3.05) is 13.1 Å². The van der Waals surface area contributed by atoms with Gasteiger partial charge in [-0.1, -0.05) is 20.3 Å². The molecule has 0 spiro atoms. The number of rotatable bonds is 9. The summed E-state index contributed by atoms with van der Waals surface area (Å²) in [6.07, 6.45) is 4.44. The highest BCUT2D eigenvalue weighted by atomic mass is 32.2. The standard InChI is InChI=1S/C14H24N2O2S2/c1-3-11(2)10-16-20(17,18)14-7-6-13(19-14)8-9-15-12-4-5-12/h6-7,11-12,15-16H,3-5,8-10H2,1-2H3. The fourth-order valence-corrected chi connectivity index (χ4v) is 4.36. The zero-order valence-corrected chi connectivity index (χ0v) is 13.8. The van der Waals surface area contributed by atoms with Crippen LogP contribution in [0.2, 0.25) is 0 Å². The molecular weight excluding hydrogens is 292 g/mol. The minimum absolute atomic E-state index is 0.368. The lowest BCUT2D eigenvalue weighted by atomic mass is 10.1. The molecule has 1 unspecified atom stereocenters. The van der Waals surface area contributed by atoms with Crippen LogP contribution in [0.15, 0.2) is 16.3 Å². The number of hydrogen-bond donors (Lipinski definition) is 2. The molecule has 0 aromatic carbocycles. The van der Waals surface area contributed by atoms with Gasteiger partial charge in [-0.3, -0.25) is 0 Å². The van der Waals surface area contributed by atoms with E-state index < -0.39 is 10.0 Å². The zero-order chi connectivity index (χ0) is 14.6. The van der Waals surface area contributed by atoms with Crippen LogP contribution in [0.1, 0.15) is 38.0 Å². The first kappa shape index (κ1) is 15.9. The predicted molar refractivity (Wildman–Crippen MR) is 83.7 cm³/mol. The smallest absolute Gasteiger partial charge is 0.250 e. The lowest BCUT2D eigenvalue weighted by Crippen LogP contribution is -2.27. The Bertz CT molecular complexity index is 521. The van der Waals surface area contributed by atoms with E-state index in [-0.39, 0.29) is 0 Å². The highest BCUT2D eigenvalue weighted by Gasteiger charge is 2.20. The second-order valence-corrected chi connectivity index (χ2v) is 8.73. The molecule has 114 valence electrons. The number of nitrogens with one attached hydrogen (secondary N) is 2. The molecule has 4 nitrogen and oxygen atoms in total. The summed E-state index contributed by atoms with van der Waals surface area (Å²) in [6.45, 7) is 5.56. The van der Waals surface area contributed by atoms with Crippen LogP contribution in [0.3, 0.4) is 0 Å². The molecule has 1 atom stereocenters. The molecule has 1 heterocycles. The zero-order valence-electron chi connectivity index (χ0n) is 12.2. The summed E-state index contributed by atoms with van der Waals surface area (Å²) in [7, 11) is -3.33. The van der Waals surface area contributed by atoms with Crippen molar-refractivity contribution in [3.8, 4) is 0 Å². The first-order valence-corrected chi connectivity index (χ1v) is 9.63.